The largest absolute Gasteiger partial charge is 0.491 e. The molecule has 6 nitrogen and oxygen atoms in total. The zero-order valence-corrected chi connectivity index (χ0v) is 16.0. The van der Waals surface area contributed by atoms with Crippen molar-refractivity contribution in [1.82, 2.24) is 15.5 Å². The summed E-state index contributed by atoms with van der Waals surface area (Å²) >= 11 is 0. The van der Waals surface area contributed by atoms with Crippen molar-refractivity contribution in [2.75, 3.05) is 26.7 Å². The molecule has 1 atom stereocenters. The van der Waals surface area contributed by atoms with Crippen molar-refractivity contribution in [1.29, 1.82) is 0 Å². The van der Waals surface area contributed by atoms with Gasteiger partial charge in [0, 0.05) is 38.6 Å². The van der Waals surface area contributed by atoms with E-state index in [-0.39, 0.29) is 29.4 Å². The Morgan fingerprint density at radius 1 is 1.46 bits per heavy atom. The second-order valence-corrected chi connectivity index (χ2v) is 6.69. The first-order valence-corrected chi connectivity index (χ1v) is 9.11. The molecule has 1 amide bonds. The second kappa shape index (κ2) is 9.40. The number of benzene rings is 1. The van der Waals surface area contributed by atoms with Crippen LogP contribution >= 0.6 is 0 Å². The second-order valence-electron chi connectivity index (χ2n) is 6.69. The number of likely N-dealkylation sites (tertiary alicyclic amines) is 1. The van der Waals surface area contributed by atoms with E-state index in [4.69, 9.17) is 4.74 Å². The third-order valence-electron chi connectivity index (χ3n) is 4.31. The van der Waals surface area contributed by atoms with E-state index in [1.807, 2.05) is 31.7 Å². The third-order valence-corrected chi connectivity index (χ3v) is 4.31. The van der Waals surface area contributed by atoms with Crippen molar-refractivity contribution in [3.63, 3.8) is 0 Å². The van der Waals surface area contributed by atoms with Gasteiger partial charge >= 0.3 is 0 Å². The molecule has 0 aromatic heterocycles. The van der Waals surface area contributed by atoms with Gasteiger partial charge in [-0.2, -0.15) is 0 Å². The fraction of sp³-hybridized carbons (Fsp3) is 0.579. The Kier molecular flexibility index (Phi) is 7.24. The fourth-order valence-electron chi connectivity index (χ4n) is 2.94. The van der Waals surface area contributed by atoms with Gasteiger partial charge in [-0.3, -0.25) is 9.79 Å². The van der Waals surface area contributed by atoms with Gasteiger partial charge in [-0.05, 0) is 31.0 Å². The first-order valence-electron chi connectivity index (χ1n) is 9.11. The number of amides is 1. The van der Waals surface area contributed by atoms with Crippen molar-refractivity contribution in [2.24, 2.45) is 10.9 Å². The lowest BCUT2D eigenvalue weighted by molar-refractivity contribution is -0.133. The van der Waals surface area contributed by atoms with Crippen LogP contribution in [0.3, 0.4) is 0 Å². The topological polar surface area (TPSA) is 66.0 Å². The monoisotopic (exact) mass is 364 g/mol. The van der Waals surface area contributed by atoms with Gasteiger partial charge in [0.2, 0.25) is 5.91 Å². The maximum absolute atomic E-state index is 13.9. The Balaban J connectivity index is 1.85. The number of hydrogen-bond donors (Lipinski definition) is 2. The van der Waals surface area contributed by atoms with Crippen molar-refractivity contribution < 1.29 is 13.9 Å². The van der Waals surface area contributed by atoms with Crippen LogP contribution in [0, 0.1) is 11.7 Å². The van der Waals surface area contributed by atoms with Crippen LogP contribution in [0.1, 0.15) is 32.8 Å². The molecule has 1 fully saturated rings. The zero-order chi connectivity index (χ0) is 19.1. The Morgan fingerprint density at radius 3 is 2.85 bits per heavy atom. The molecule has 1 heterocycles. The van der Waals surface area contributed by atoms with Crippen LogP contribution in [0.15, 0.2) is 23.2 Å². The Hall–Kier alpha value is -2.31. The van der Waals surface area contributed by atoms with Gasteiger partial charge in [0.25, 0.3) is 0 Å². The van der Waals surface area contributed by atoms with Crippen molar-refractivity contribution in [3.8, 4) is 5.75 Å². The number of hydrogen-bond acceptors (Lipinski definition) is 3. The lowest BCUT2D eigenvalue weighted by atomic mass is 10.2. The molecule has 0 bridgehead atoms. The fourth-order valence-corrected chi connectivity index (χ4v) is 2.94. The van der Waals surface area contributed by atoms with E-state index in [1.165, 1.54) is 6.07 Å². The molecule has 1 aromatic carbocycles. The van der Waals surface area contributed by atoms with Crippen LogP contribution in [0.2, 0.25) is 0 Å². The third kappa shape index (κ3) is 5.34. The highest BCUT2D eigenvalue weighted by Gasteiger charge is 2.27. The van der Waals surface area contributed by atoms with E-state index in [9.17, 15) is 9.18 Å². The summed E-state index contributed by atoms with van der Waals surface area (Å²) in [6, 6.07) is 5.09. The number of aliphatic imine (C=N–C) groups is 1. The number of ether oxygens (including phenoxy) is 1. The first-order chi connectivity index (χ1) is 12.4. The SMILES string of the molecule is CCOc1ccc(CNC(=NC)NC2CCN(C(=O)C(C)C)C2)cc1F. The number of carbonyl (C=O) groups is 1. The maximum atomic E-state index is 13.9. The Morgan fingerprint density at radius 2 is 2.23 bits per heavy atom. The smallest absolute Gasteiger partial charge is 0.225 e. The number of guanidine groups is 1. The minimum Gasteiger partial charge on any atom is -0.491 e. The van der Waals surface area contributed by atoms with E-state index in [1.54, 1.807) is 13.1 Å². The van der Waals surface area contributed by atoms with Gasteiger partial charge in [-0.15, -0.1) is 0 Å². The van der Waals surface area contributed by atoms with E-state index in [0.717, 1.165) is 18.5 Å². The highest BCUT2D eigenvalue weighted by atomic mass is 19.1. The quantitative estimate of drug-likeness (QED) is 0.600. The van der Waals surface area contributed by atoms with Crippen LogP contribution in [0.25, 0.3) is 0 Å². The molecular weight excluding hydrogens is 335 g/mol. The number of rotatable bonds is 6. The summed E-state index contributed by atoms with van der Waals surface area (Å²) in [7, 11) is 1.69. The lowest BCUT2D eigenvalue weighted by Gasteiger charge is -2.20. The summed E-state index contributed by atoms with van der Waals surface area (Å²) in [5, 5.41) is 6.52. The number of carbonyl (C=O) groups excluding carboxylic acids is 1. The molecule has 1 aromatic rings. The minimum absolute atomic E-state index is 0.0146. The molecule has 7 heteroatoms. The number of nitrogens with zero attached hydrogens (tertiary/aromatic N) is 2. The molecule has 0 spiro atoms. The van der Waals surface area contributed by atoms with Gasteiger partial charge in [0.15, 0.2) is 17.5 Å². The molecule has 1 unspecified atom stereocenters. The molecule has 2 rings (SSSR count). The summed E-state index contributed by atoms with van der Waals surface area (Å²) in [6.07, 6.45) is 0.886. The lowest BCUT2D eigenvalue weighted by Crippen LogP contribution is -2.45. The summed E-state index contributed by atoms with van der Waals surface area (Å²) in [4.78, 5) is 18.2. The standard InChI is InChI=1S/C19H29FN4O2/c1-5-26-17-7-6-14(10-16(17)20)11-22-19(21-4)23-15-8-9-24(12-15)18(25)13(2)3/h6-7,10,13,15H,5,8-9,11-12H2,1-4H3,(H2,21,22,23). The van der Waals surface area contributed by atoms with Crippen molar-refractivity contribution in [2.45, 2.75) is 39.8 Å². The molecule has 1 saturated heterocycles. The van der Waals surface area contributed by atoms with Gasteiger partial charge in [-0.1, -0.05) is 19.9 Å². The van der Waals surface area contributed by atoms with Crippen LogP contribution in [0.5, 0.6) is 5.75 Å². The van der Waals surface area contributed by atoms with E-state index in [2.05, 4.69) is 15.6 Å². The molecule has 1 aliphatic heterocycles. The Bertz CT molecular complexity index is 648. The molecule has 144 valence electrons. The van der Waals surface area contributed by atoms with Gasteiger partial charge in [0.05, 0.1) is 6.61 Å². The van der Waals surface area contributed by atoms with Crippen LogP contribution < -0.4 is 15.4 Å². The van der Waals surface area contributed by atoms with Crippen LogP contribution in [0.4, 0.5) is 4.39 Å². The summed E-state index contributed by atoms with van der Waals surface area (Å²) in [6.45, 7) is 7.97. The maximum Gasteiger partial charge on any atom is 0.225 e. The molecule has 1 aliphatic rings. The highest BCUT2D eigenvalue weighted by Crippen LogP contribution is 2.18. The van der Waals surface area contributed by atoms with Crippen molar-refractivity contribution >= 4 is 11.9 Å². The first kappa shape index (κ1) is 20.0. The van der Waals surface area contributed by atoms with Gasteiger partial charge in [-0.25, -0.2) is 4.39 Å². The van der Waals surface area contributed by atoms with E-state index in [0.29, 0.717) is 25.7 Å². The summed E-state index contributed by atoms with van der Waals surface area (Å²) < 4.78 is 19.1. The molecule has 0 radical (unpaired) electrons. The summed E-state index contributed by atoms with van der Waals surface area (Å²) in [5.74, 6) is 0.735. The van der Waals surface area contributed by atoms with Gasteiger partial charge < -0.3 is 20.3 Å². The average Bonchev–Trinajstić information content (AvgIpc) is 3.08. The minimum atomic E-state index is -0.368. The van der Waals surface area contributed by atoms with E-state index >= 15 is 0 Å². The van der Waals surface area contributed by atoms with Crippen molar-refractivity contribution in [3.05, 3.63) is 29.6 Å². The normalized spacial score (nSPS) is 17.5. The van der Waals surface area contributed by atoms with Gasteiger partial charge in [0.1, 0.15) is 0 Å². The predicted molar refractivity (Wildman–Crippen MR) is 101 cm³/mol. The molecule has 26 heavy (non-hydrogen) atoms. The predicted octanol–water partition coefficient (Wildman–Crippen LogP) is 2.15. The number of halogens is 1. The number of nitrogens with one attached hydrogen (secondary N) is 2. The van der Waals surface area contributed by atoms with Crippen LogP contribution in [-0.2, 0) is 11.3 Å². The Labute approximate surface area is 154 Å². The van der Waals surface area contributed by atoms with Crippen LogP contribution in [-0.4, -0.2) is 49.6 Å². The molecule has 0 aliphatic carbocycles. The molecule has 0 saturated carbocycles. The average molecular weight is 364 g/mol. The molecule has 2 N–H and O–H groups in total. The highest BCUT2D eigenvalue weighted by molar-refractivity contribution is 5.81. The van der Waals surface area contributed by atoms with E-state index < -0.39 is 0 Å². The molecular formula is C19H29FN4O2. The zero-order valence-electron chi connectivity index (χ0n) is 16.0. The summed E-state index contributed by atoms with van der Waals surface area (Å²) in [5.41, 5.74) is 0.803.